The molecule has 0 aromatic heterocycles. The first-order chi connectivity index (χ1) is 10.5. The van der Waals surface area contributed by atoms with Crippen LogP contribution in [-0.2, 0) is 9.53 Å². The van der Waals surface area contributed by atoms with Crippen LogP contribution in [0.1, 0.15) is 52.5 Å². The summed E-state index contributed by atoms with van der Waals surface area (Å²) in [5.74, 6) is 0.763. The van der Waals surface area contributed by atoms with Gasteiger partial charge in [0, 0.05) is 12.3 Å². The Labute approximate surface area is 134 Å². The fourth-order valence-electron chi connectivity index (χ4n) is 2.41. The molecule has 4 heteroatoms. The Morgan fingerprint density at radius 1 is 1.23 bits per heavy atom. The topological polar surface area (TPSA) is 47.6 Å². The zero-order chi connectivity index (χ0) is 16.6. The Kier molecular flexibility index (Phi) is 7.39. The van der Waals surface area contributed by atoms with E-state index in [0.717, 1.165) is 29.8 Å². The van der Waals surface area contributed by atoms with Crippen molar-refractivity contribution in [2.45, 2.75) is 59.5 Å². The van der Waals surface area contributed by atoms with Crippen LogP contribution in [0.25, 0.3) is 0 Å². The van der Waals surface area contributed by atoms with Gasteiger partial charge in [0.25, 0.3) is 5.91 Å². The molecule has 1 aromatic rings. The first-order valence-electron chi connectivity index (χ1n) is 8.15. The van der Waals surface area contributed by atoms with Crippen molar-refractivity contribution >= 4 is 11.6 Å². The molecule has 1 rings (SSSR count). The molecule has 0 saturated carbocycles. The summed E-state index contributed by atoms with van der Waals surface area (Å²) in [6.45, 7) is 11.1. The SMILES string of the molecule is CCCOc1ccc(NC(=O)[C@@](C)(CCC)OCC)cc1C. The molecule has 0 aliphatic heterocycles. The molecule has 4 nitrogen and oxygen atoms in total. The van der Waals surface area contributed by atoms with Crippen LogP contribution in [0.4, 0.5) is 5.69 Å². The molecule has 1 atom stereocenters. The molecule has 0 heterocycles. The molecule has 0 unspecified atom stereocenters. The van der Waals surface area contributed by atoms with E-state index < -0.39 is 5.60 Å². The number of carbonyl (C=O) groups excluding carboxylic acids is 1. The Morgan fingerprint density at radius 3 is 2.50 bits per heavy atom. The monoisotopic (exact) mass is 307 g/mol. The third-order valence-electron chi connectivity index (χ3n) is 3.56. The number of aryl methyl sites for hydroxylation is 1. The van der Waals surface area contributed by atoms with E-state index in [1.54, 1.807) is 0 Å². The quantitative estimate of drug-likeness (QED) is 0.739. The van der Waals surface area contributed by atoms with Crippen molar-refractivity contribution in [3.05, 3.63) is 23.8 Å². The standard InChI is InChI=1S/C18H29NO3/c1-6-11-18(5,22-8-3)17(20)19-15-9-10-16(14(4)13-15)21-12-7-2/h9-10,13H,6-8,11-12H2,1-5H3,(H,19,20)/t18-/m1/s1. The highest BCUT2D eigenvalue weighted by atomic mass is 16.5. The van der Waals surface area contributed by atoms with Gasteiger partial charge in [0.1, 0.15) is 11.4 Å². The van der Waals surface area contributed by atoms with E-state index in [4.69, 9.17) is 9.47 Å². The third kappa shape index (κ3) is 5.02. The number of ether oxygens (including phenoxy) is 2. The molecule has 0 saturated heterocycles. The number of benzene rings is 1. The molecule has 0 spiro atoms. The number of nitrogens with one attached hydrogen (secondary N) is 1. The average molecular weight is 307 g/mol. The Bertz CT molecular complexity index is 479. The fraction of sp³-hybridized carbons (Fsp3) is 0.611. The van der Waals surface area contributed by atoms with Gasteiger partial charge in [-0.1, -0.05) is 20.3 Å². The Balaban J connectivity index is 2.80. The van der Waals surface area contributed by atoms with Gasteiger partial charge in [0.15, 0.2) is 0 Å². The van der Waals surface area contributed by atoms with Crippen molar-refractivity contribution in [3.8, 4) is 5.75 Å². The summed E-state index contributed by atoms with van der Waals surface area (Å²) >= 11 is 0. The van der Waals surface area contributed by atoms with E-state index in [1.807, 2.05) is 39.0 Å². The Morgan fingerprint density at radius 2 is 1.95 bits per heavy atom. The van der Waals surface area contributed by atoms with Crippen molar-refractivity contribution in [2.75, 3.05) is 18.5 Å². The summed E-state index contributed by atoms with van der Waals surface area (Å²) < 4.78 is 11.3. The van der Waals surface area contributed by atoms with Crippen LogP contribution in [0.3, 0.4) is 0 Å². The van der Waals surface area contributed by atoms with Gasteiger partial charge in [0.2, 0.25) is 0 Å². The zero-order valence-corrected chi connectivity index (χ0v) is 14.5. The number of anilines is 1. The van der Waals surface area contributed by atoms with Gasteiger partial charge in [-0.2, -0.15) is 0 Å². The van der Waals surface area contributed by atoms with Gasteiger partial charge in [-0.25, -0.2) is 0 Å². The lowest BCUT2D eigenvalue weighted by Gasteiger charge is -2.28. The summed E-state index contributed by atoms with van der Waals surface area (Å²) in [5.41, 5.74) is 1.00. The summed E-state index contributed by atoms with van der Waals surface area (Å²) in [7, 11) is 0. The van der Waals surface area contributed by atoms with Crippen LogP contribution >= 0.6 is 0 Å². The van der Waals surface area contributed by atoms with E-state index in [9.17, 15) is 4.79 Å². The second kappa shape index (κ2) is 8.79. The van der Waals surface area contributed by atoms with Crippen molar-refractivity contribution in [2.24, 2.45) is 0 Å². The largest absolute Gasteiger partial charge is 0.493 e. The minimum absolute atomic E-state index is 0.0992. The van der Waals surface area contributed by atoms with Crippen LogP contribution in [0, 0.1) is 6.92 Å². The summed E-state index contributed by atoms with van der Waals surface area (Å²) in [6, 6.07) is 5.70. The number of carbonyl (C=O) groups is 1. The predicted molar refractivity (Wildman–Crippen MR) is 90.5 cm³/mol. The van der Waals surface area contributed by atoms with E-state index in [-0.39, 0.29) is 5.91 Å². The predicted octanol–water partition coefficient (Wildman–Crippen LogP) is 4.32. The molecule has 0 aliphatic carbocycles. The molecule has 0 fully saturated rings. The highest BCUT2D eigenvalue weighted by molar-refractivity contribution is 5.97. The molecule has 1 aromatic carbocycles. The van der Waals surface area contributed by atoms with Gasteiger partial charge in [-0.05, 0) is 57.4 Å². The lowest BCUT2D eigenvalue weighted by Crippen LogP contribution is -2.42. The lowest BCUT2D eigenvalue weighted by atomic mass is 9.99. The number of amides is 1. The number of rotatable bonds is 9. The van der Waals surface area contributed by atoms with Gasteiger partial charge in [-0.3, -0.25) is 4.79 Å². The molecule has 1 amide bonds. The van der Waals surface area contributed by atoms with Crippen LogP contribution in [0.2, 0.25) is 0 Å². The minimum Gasteiger partial charge on any atom is -0.493 e. The summed E-state index contributed by atoms with van der Waals surface area (Å²) in [4.78, 5) is 12.5. The highest BCUT2D eigenvalue weighted by Gasteiger charge is 2.32. The van der Waals surface area contributed by atoms with Crippen LogP contribution in [-0.4, -0.2) is 24.7 Å². The normalized spacial score (nSPS) is 13.5. The van der Waals surface area contributed by atoms with Crippen LogP contribution in [0.15, 0.2) is 18.2 Å². The first-order valence-corrected chi connectivity index (χ1v) is 8.15. The molecule has 0 aliphatic rings. The Hall–Kier alpha value is -1.55. The minimum atomic E-state index is -0.783. The molecule has 1 N–H and O–H groups in total. The zero-order valence-electron chi connectivity index (χ0n) is 14.5. The van der Waals surface area contributed by atoms with Crippen LogP contribution in [0.5, 0.6) is 5.75 Å². The van der Waals surface area contributed by atoms with Gasteiger partial charge in [-0.15, -0.1) is 0 Å². The second-order valence-electron chi connectivity index (χ2n) is 5.70. The van der Waals surface area contributed by atoms with Crippen molar-refractivity contribution < 1.29 is 14.3 Å². The van der Waals surface area contributed by atoms with Gasteiger partial charge >= 0.3 is 0 Å². The number of hydrogen-bond acceptors (Lipinski definition) is 3. The van der Waals surface area contributed by atoms with Gasteiger partial charge in [0.05, 0.1) is 6.61 Å². The maximum absolute atomic E-state index is 12.5. The van der Waals surface area contributed by atoms with Crippen molar-refractivity contribution in [3.63, 3.8) is 0 Å². The molecule has 0 radical (unpaired) electrons. The van der Waals surface area contributed by atoms with Crippen LogP contribution < -0.4 is 10.1 Å². The maximum atomic E-state index is 12.5. The molecule has 22 heavy (non-hydrogen) atoms. The first kappa shape index (κ1) is 18.5. The van der Waals surface area contributed by atoms with Crippen molar-refractivity contribution in [1.82, 2.24) is 0 Å². The van der Waals surface area contributed by atoms with E-state index in [2.05, 4.69) is 19.2 Å². The van der Waals surface area contributed by atoms with E-state index >= 15 is 0 Å². The summed E-state index contributed by atoms with van der Waals surface area (Å²) in [5, 5.41) is 2.96. The maximum Gasteiger partial charge on any atom is 0.256 e. The smallest absolute Gasteiger partial charge is 0.256 e. The lowest BCUT2D eigenvalue weighted by molar-refractivity contribution is -0.139. The molecular weight excluding hydrogens is 278 g/mol. The van der Waals surface area contributed by atoms with Crippen molar-refractivity contribution in [1.29, 1.82) is 0 Å². The van der Waals surface area contributed by atoms with Gasteiger partial charge < -0.3 is 14.8 Å². The van der Waals surface area contributed by atoms with E-state index in [0.29, 0.717) is 19.6 Å². The highest BCUT2D eigenvalue weighted by Crippen LogP contribution is 2.25. The fourth-order valence-corrected chi connectivity index (χ4v) is 2.41. The average Bonchev–Trinajstić information content (AvgIpc) is 2.47. The van der Waals surface area contributed by atoms with E-state index in [1.165, 1.54) is 0 Å². The second-order valence-corrected chi connectivity index (χ2v) is 5.70. The molecule has 124 valence electrons. The summed E-state index contributed by atoms with van der Waals surface area (Å²) in [6.07, 6.45) is 2.57. The third-order valence-corrected chi connectivity index (χ3v) is 3.56. The molecule has 0 bridgehead atoms. The number of hydrogen-bond donors (Lipinski definition) is 1. The molecular formula is C18H29NO3.